The molecule has 0 aliphatic heterocycles. The molecule has 0 atom stereocenters. The number of rotatable bonds is 4. The van der Waals surface area contributed by atoms with E-state index in [-0.39, 0.29) is 10.8 Å². The Morgan fingerprint density at radius 3 is 2.14 bits per heavy atom. The maximum Gasteiger partial charge on any atom is 0.126 e. The van der Waals surface area contributed by atoms with Gasteiger partial charge in [-0.05, 0) is 42.5 Å². The van der Waals surface area contributed by atoms with Crippen LogP contribution in [0.4, 0.5) is 0 Å². The molecule has 1 rings (SSSR count). The van der Waals surface area contributed by atoms with Crippen molar-refractivity contribution in [3.05, 3.63) is 34.9 Å². The molecule has 0 aliphatic carbocycles. The van der Waals surface area contributed by atoms with Crippen LogP contribution in [0.15, 0.2) is 18.2 Å². The third-order valence-corrected chi connectivity index (χ3v) is 3.67. The van der Waals surface area contributed by atoms with E-state index >= 15 is 0 Å². The number of phenols is 1. The van der Waals surface area contributed by atoms with E-state index in [4.69, 9.17) is 0 Å². The van der Waals surface area contributed by atoms with Crippen LogP contribution in [0.5, 0.6) is 5.75 Å². The van der Waals surface area contributed by atoms with Crippen LogP contribution in [-0.4, -0.2) is 18.7 Å². The van der Waals surface area contributed by atoms with Gasteiger partial charge in [0.15, 0.2) is 0 Å². The van der Waals surface area contributed by atoms with Gasteiger partial charge in [-0.15, -0.1) is 0 Å². The monoisotopic (exact) mass is 289 g/mol. The molecule has 0 saturated carbocycles. The van der Waals surface area contributed by atoms with Gasteiger partial charge in [0, 0.05) is 11.1 Å². The minimum atomic E-state index is -0.0705. The minimum Gasteiger partial charge on any atom is -0.507 e. The van der Waals surface area contributed by atoms with Crippen molar-refractivity contribution in [2.75, 3.05) is 13.6 Å². The summed E-state index contributed by atoms with van der Waals surface area (Å²) in [6.45, 7) is 14.0. The van der Waals surface area contributed by atoms with Gasteiger partial charge in [-0.2, -0.15) is 0 Å². The van der Waals surface area contributed by atoms with Gasteiger partial charge in [0.2, 0.25) is 0 Å². The Bertz CT molecular complexity index is 502. The zero-order valence-corrected chi connectivity index (χ0v) is 14.7. The highest BCUT2D eigenvalue weighted by atomic mass is 16.3. The number of hydrogen-bond donors (Lipinski definition) is 2. The second-order valence-corrected chi connectivity index (χ2v) is 7.76. The van der Waals surface area contributed by atoms with Gasteiger partial charge >= 0.3 is 0 Å². The molecule has 0 heterocycles. The van der Waals surface area contributed by atoms with Gasteiger partial charge in [-0.3, -0.25) is 0 Å². The summed E-state index contributed by atoms with van der Waals surface area (Å²) in [7, 11) is 1.95. The van der Waals surface area contributed by atoms with E-state index in [1.54, 1.807) is 0 Å². The summed E-state index contributed by atoms with van der Waals surface area (Å²) >= 11 is 0. The summed E-state index contributed by atoms with van der Waals surface area (Å²) in [5, 5.41) is 13.7. The lowest BCUT2D eigenvalue weighted by Crippen LogP contribution is -2.17. The molecule has 0 aliphatic rings. The third kappa shape index (κ3) is 4.89. The Balaban J connectivity index is 3.32. The van der Waals surface area contributed by atoms with Gasteiger partial charge in [0.25, 0.3) is 0 Å². The predicted molar refractivity (Wildman–Crippen MR) is 93.1 cm³/mol. The van der Waals surface area contributed by atoms with Crippen LogP contribution in [0.3, 0.4) is 0 Å². The van der Waals surface area contributed by atoms with Crippen molar-refractivity contribution in [1.82, 2.24) is 5.32 Å². The zero-order chi connectivity index (χ0) is 16.3. The maximum atomic E-state index is 10.6. The quantitative estimate of drug-likeness (QED) is 0.793. The van der Waals surface area contributed by atoms with Crippen molar-refractivity contribution in [2.24, 2.45) is 0 Å². The van der Waals surface area contributed by atoms with Gasteiger partial charge in [-0.1, -0.05) is 59.8 Å². The molecule has 2 nitrogen and oxygen atoms in total. The zero-order valence-electron chi connectivity index (χ0n) is 14.7. The fourth-order valence-electron chi connectivity index (χ4n) is 2.23. The summed E-state index contributed by atoms with van der Waals surface area (Å²) in [5.74, 6) is 0.413. The van der Waals surface area contributed by atoms with E-state index in [0.717, 1.165) is 24.1 Å². The molecule has 0 bridgehead atoms. The molecule has 0 radical (unpaired) electrons. The van der Waals surface area contributed by atoms with Crippen molar-refractivity contribution in [3.8, 4) is 5.75 Å². The summed E-state index contributed by atoms with van der Waals surface area (Å²) in [4.78, 5) is 0. The molecule has 21 heavy (non-hydrogen) atoms. The van der Waals surface area contributed by atoms with Gasteiger partial charge < -0.3 is 10.4 Å². The smallest absolute Gasteiger partial charge is 0.126 e. The standard InChI is InChI=1S/C19H31NO/c1-18(2,3)15-12-14(10-8-9-11-20-7)17(21)16(13-15)19(4,5)6/h8,10,12-13,20-21H,9,11H2,1-7H3. The number of hydrogen-bond acceptors (Lipinski definition) is 2. The number of aromatic hydroxyl groups is 1. The number of benzene rings is 1. The average Bonchev–Trinajstić information content (AvgIpc) is 2.33. The van der Waals surface area contributed by atoms with Gasteiger partial charge in [-0.25, -0.2) is 0 Å². The fourth-order valence-corrected chi connectivity index (χ4v) is 2.23. The topological polar surface area (TPSA) is 32.3 Å². The molecule has 118 valence electrons. The normalized spacial score (nSPS) is 13.1. The molecule has 0 amide bonds. The highest BCUT2D eigenvalue weighted by Crippen LogP contribution is 2.38. The van der Waals surface area contributed by atoms with E-state index in [9.17, 15) is 5.11 Å². The van der Waals surface area contributed by atoms with Crippen LogP contribution < -0.4 is 5.32 Å². The van der Waals surface area contributed by atoms with E-state index < -0.39 is 0 Å². The SMILES string of the molecule is CNCCC=Cc1cc(C(C)(C)C)cc(C(C)(C)C)c1O. The van der Waals surface area contributed by atoms with Crippen LogP contribution >= 0.6 is 0 Å². The van der Waals surface area contributed by atoms with Crippen molar-refractivity contribution < 1.29 is 5.11 Å². The van der Waals surface area contributed by atoms with Crippen LogP contribution in [0.25, 0.3) is 6.08 Å². The maximum absolute atomic E-state index is 10.6. The van der Waals surface area contributed by atoms with Crippen molar-refractivity contribution in [1.29, 1.82) is 0 Å². The minimum absolute atomic E-state index is 0.0705. The van der Waals surface area contributed by atoms with E-state index in [1.807, 2.05) is 13.1 Å². The lowest BCUT2D eigenvalue weighted by molar-refractivity contribution is 0.443. The molecule has 0 aromatic heterocycles. The first-order chi connectivity index (χ1) is 9.57. The van der Waals surface area contributed by atoms with E-state index in [0.29, 0.717) is 5.75 Å². The third-order valence-electron chi connectivity index (χ3n) is 3.67. The molecule has 2 heteroatoms. The second-order valence-electron chi connectivity index (χ2n) is 7.76. The lowest BCUT2D eigenvalue weighted by atomic mass is 9.79. The van der Waals surface area contributed by atoms with Crippen molar-refractivity contribution in [3.63, 3.8) is 0 Å². The summed E-state index contributed by atoms with van der Waals surface area (Å²) in [6, 6.07) is 4.26. The van der Waals surface area contributed by atoms with Crippen LogP contribution in [0.2, 0.25) is 0 Å². The Morgan fingerprint density at radius 1 is 1.05 bits per heavy atom. The Kier molecular flexibility index (Phi) is 5.63. The molecule has 0 saturated heterocycles. The molecule has 2 N–H and O–H groups in total. The molecular formula is C19H31NO. The highest BCUT2D eigenvalue weighted by Gasteiger charge is 2.24. The Hall–Kier alpha value is -1.28. The van der Waals surface area contributed by atoms with Crippen LogP contribution in [0, 0.1) is 0 Å². The van der Waals surface area contributed by atoms with Gasteiger partial charge in [0.1, 0.15) is 5.75 Å². The molecule has 0 spiro atoms. The van der Waals surface area contributed by atoms with E-state index in [1.165, 1.54) is 5.56 Å². The molecule has 0 unspecified atom stereocenters. The first-order valence-electron chi connectivity index (χ1n) is 7.76. The van der Waals surface area contributed by atoms with Crippen molar-refractivity contribution >= 4 is 6.08 Å². The van der Waals surface area contributed by atoms with Crippen LogP contribution in [-0.2, 0) is 10.8 Å². The average molecular weight is 289 g/mol. The predicted octanol–water partition coefficient (Wildman–Crippen LogP) is 4.61. The lowest BCUT2D eigenvalue weighted by Gasteiger charge is -2.27. The summed E-state index contributed by atoms with van der Waals surface area (Å²) in [5.41, 5.74) is 3.20. The summed E-state index contributed by atoms with van der Waals surface area (Å²) < 4.78 is 0. The summed E-state index contributed by atoms with van der Waals surface area (Å²) in [6.07, 6.45) is 5.11. The molecular weight excluding hydrogens is 258 g/mol. The first-order valence-corrected chi connectivity index (χ1v) is 7.76. The molecule has 0 fully saturated rings. The Labute approximate surface area is 130 Å². The number of nitrogens with one attached hydrogen (secondary N) is 1. The molecule has 1 aromatic rings. The number of phenolic OH excluding ortho intramolecular Hbond substituents is 1. The second kappa shape index (κ2) is 6.65. The van der Waals surface area contributed by atoms with Crippen molar-refractivity contribution in [2.45, 2.75) is 58.8 Å². The first kappa shape index (κ1) is 17.8. The molecule has 1 aromatic carbocycles. The van der Waals surface area contributed by atoms with E-state index in [2.05, 4.69) is 65.1 Å². The largest absolute Gasteiger partial charge is 0.507 e. The Morgan fingerprint density at radius 2 is 1.67 bits per heavy atom. The highest BCUT2D eigenvalue weighted by molar-refractivity contribution is 5.62. The van der Waals surface area contributed by atoms with Crippen LogP contribution in [0.1, 0.15) is 64.7 Å². The van der Waals surface area contributed by atoms with Gasteiger partial charge in [0.05, 0.1) is 0 Å². The fraction of sp³-hybridized carbons (Fsp3) is 0.579.